The van der Waals surface area contributed by atoms with Gasteiger partial charge < -0.3 is 0 Å². The molecule has 16 heavy (non-hydrogen) atoms. The largest absolute Gasteiger partial charge is 0.282 e. The van der Waals surface area contributed by atoms with Crippen LogP contribution < -0.4 is 4.43 Å². The van der Waals surface area contributed by atoms with Crippen molar-refractivity contribution in [2.75, 3.05) is 0 Å². The summed E-state index contributed by atoms with van der Waals surface area (Å²) in [6.45, 7) is 4.45. The maximum Gasteiger partial charge on any atom is 0.282 e. The molecule has 0 aliphatic heterocycles. The van der Waals surface area contributed by atoms with Crippen LogP contribution >= 0.6 is 0 Å². The second-order valence-electron chi connectivity index (χ2n) is 4.86. The molecule has 0 aliphatic carbocycles. The standard InChI is InChI=1S/C8H17.C7H7.Al.H/c1-3-5-7-8-6-4-2;1-7-5-3-2-4-6-7;;/h1,3-8H2,2H3;3-6H,1H3;;. The lowest BCUT2D eigenvalue weighted by atomic mass is 10.1. The van der Waals surface area contributed by atoms with Crippen molar-refractivity contribution in [2.45, 2.75) is 57.7 Å². The fourth-order valence-electron chi connectivity index (χ4n) is 2.04. The fraction of sp³-hybridized carbons (Fsp3) is 0.600. The molecule has 0 aromatic heterocycles. The van der Waals surface area contributed by atoms with E-state index in [0.29, 0.717) is 0 Å². The van der Waals surface area contributed by atoms with Gasteiger partial charge in [-0.05, 0) is 6.92 Å². The van der Waals surface area contributed by atoms with Crippen LogP contribution in [0.15, 0.2) is 24.3 Å². The normalized spacial score (nSPS) is 10.4. The topological polar surface area (TPSA) is 0 Å². The van der Waals surface area contributed by atoms with E-state index in [9.17, 15) is 0 Å². The Bertz CT molecular complexity index is 263. The molecular formula is C15H25Al. The van der Waals surface area contributed by atoms with Crippen molar-refractivity contribution in [3.8, 4) is 0 Å². The Morgan fingerprint density at radius 1 is 0.875 bits per heavy atom. The molecule has 1 rings (SSSR count). The van der Waals surface area contributed by atoms with Crippen LogP contribution in [-0.2, 0) is 0 Å². The van der Waals surface area contributed by atoms with Crippen LogP contribution in [0.25, 0.3) is 0 Å². The number of aryl methyl sites for hydroxylation is 1. The number of unbranched alkanes of at least 4 members (excludes halogenated alkanes) is 5. The predicted octanol–water partition coefficient (Wildman–Crippen LogP) is 3.84. The lowest BCUT2D eigenvalue weighted by Crippen LogP contribution is -2.12. The van der Waals surface area contributed by atoms with Gasteiger partial charge in [-0.3, -0.25) is 0 Å². The van der Waals surface area contributed by atoms with Gasteiger partial charge in [-0.1, -0.05) is 80.6 Å². The van der Waals surface area contributed by atoms with Crippen molar-refractivity contribution in [1.82, 2.24) is 0 Å². The van der Waals surface area contributed by atoms with Crippen molar-refractivity contribution in [1.29, 1.82) is 0 Å². The van der Waals surface area contributed by atoms with E-state index >= 15 is 0 Å². The van der Waals surface area contributed by atoms with E-state index in [-0.39, 0.29) is 15.2 Å². The van der Waals surface area contributed by atoms with Gasteiger partial charge in [0, 0.05) is 0 Å². The third kappa shape index (κ3) is 6.36. The van der Waals surface area contributed by atoms with E-state index in [4.69, 9.17) is 0 Å². The van der Waals surface area contributed by atoms with Gasteiger partial charge in [0.15, 0.2) is 0 Å². The quantitative estimate of drug-likeness (QED) is 0.472. The molecule has 0 saturated carbocycles. The molecule has 0 nitrogen and oxygen atoms in total. The molecule has 0 unspecified atom stereocenters. The van der Waals surface area contributed by atoms with Crippen LogP contribution in [0.5, 0.6) is 0 Å². The third-order valence-electron chi connectivity index (χ3n) is 3.19. The Balaban J connectivity index is 2.01. The van der Waals surface area contributed by atoms with E-state index in [1.807, 2.05) is 0 Å². The Morgan fingerprint density at radius 2 is 1.50 bits per heavy atom. The lowest BCUT2D eigenvalue weighted by Gasteiger charge is -2.01. The highest BCUT2D eigenvalue weighted by molar-refractivity contribution is 6.53. The molecule has 0 aliphatic rings. The molecule has 1 aromatic rings. The summed E-state index contributed by atoms with van der Waals surface area (Å²) in [5, 5.41) is 1.50. The van der Waals surface area contributed by atoms with Gasteiger partial charge in [0.1, 0.15) is 0 Å². The number of rotatable bonds is 8. The first-order valence-corrected chi connectivity index (χ1v) is 8.59. The molecule has 88 valence electrons. The second kappa shape index (κ2) is 8.85. The van der Waals surface area contributed by atoms with Gasteiger partial charge in [-0.15, -0.1) is 4.43 Å². The molecule has 0 radical (unpaired) electrons. The van der Waals surface area contributed by atoms with Crippen LogP contribution in [-0.4, -0.2) is 15.2 Å². The Kier molecular flexibility index (Phi) is 7.64. The first kappa shape index (κ1) is 13.8. The van der Waals surface area contributed by atoms with Crippen LogP contribution in [0, 0.1) is 6.92 Å². The summed E-state index contributed by atoms with van der Waals surface area (Å²) in [5.74, 6) is 0. The van der Waals surface area contributed by atoms with E-state index in [1.165, 1.54) is 49.4 Å². The molecule has 0 spiro atoms. The Hall–Kier alpha value is -0.248. The summed E-state index contributed by atoms with van der Waals surface area (Å²) in [6, 6.07) is 9.17. The summed E-state index contributed by atoms with van der Waals surface area (Å²) < 4.78 is 1.64. The summed E-state index contributed by atoms with van der Waals surface area (Å²) in [5.41, 5.74) is 1.39. The Morgan fingerprint density at radius 3 is 2.19 bits per heavy atom. The molecule has 0 atom stereocenters. The highest BCUT2D eigenvalue weighted by atomic mass is 27.1. The molecular weight excluding hydrogens is 207 g/mol. The van der Waals surface area contributed by atoms with Crippen molar-refractivity contribution < 1.29 is 0 Å². The van der Waals surface area contributed by atoms with E-state index in [2.05, 4.69) is 38.1 Å². The maximum absolute atomic E-state index is 2.33. The van der Waals surface area contributed by atoms with Crippen LogP contribution in [0.2, 0.25) is 5.28 Å². The zero-order chi connectivity index (χ0) is 11.6. The fourth-order valence-corrected chi connectivity index (χ4v) is 3.62. The first-order valence-electron chi connectivity index (χ1n) is 6.88. The highest BCUT2D eigenvalue weighted by Gasteiger charge is 1.97. The summed E-state index contributed by atoms with van der Waals surface area (Å²) in [6.07, 6.45) is 8.61. The third-order valence-corrected chi connectivity index (χ3v) is 5.09. The van der Waals surface area contributed by atoms with E-state index in [1.54, 1.807) is 4.43 Å². The molecule has 0 fully saturated rings. The minimum absolute atomic E-state index is 0.0331. The number of hydrogen-bond acceptors (Lipinski definition) is 0. The van der Waals surface area contributed by atoms with Crippen molar-refractivity contribution in [2.24, 2.45) is 0 Å². The average Bonchev–Trinajstić information content (AvgIpc) is 2.30. The van der Waals surface area contributed by atoms with Crippen LogP contribution in [0.4, 0.5) is 0 Å². The van der Waals surface area contributed by atoms with E-state index < -0.39 is 0 Å². The lowest BCUT2D eigenvalue weighted by molar-refractivity contribution is 0.624. The zero-order valence-corrected chi connectivity index (χ0v) is 12.4. The zero-order valence-electron chi connectivity index (χ0n) is 11.0. The van der Waals surface area contributed by atoms with Gasteiger partial charge in [0.05, 0.1) is 0 Å². The minimum atomic E-state index is 0.0331. The number of benzene rings is 1. The van der Waals surface area contributed by atoms with Gasteiger partial charge in [-0.2, -0.15) is 0 Å². The second-order valence-corrected chi connectivity index (χ2v) is 6.88. The molecule has 0 amide bonds. The predicted molar refractivity (Wildman–Crippen MR) is 76.1 cm³/mol. The molecule has 1 aromatic carbocycles. The molecule has 0 saturated heterocycles. The van der Waals surface area contributed by atoms with Gasteiger partial charge in [0.2, 0.25) is 0 Å². The van der Waals surface area contributed by atoms with Gasteiger partial charge in [-0.25, -0.2) is 0 Å². The first-order chi connectivity index (χ1) is 7.83. The van der Waals surface area contributed by atoms with Gasteiger partial charge >= 0.3 is 0 Å². The van der Waals surface area contributed by atoms with Gasteiger partial charge in [0.25, 0.3) is 15.2 Å². The van der Waals surface area contributed by atoms with Crippen LogP contribution in [0.3, 0.4) is 0 Å². The monoisotopic (exact) mass is 232 g/mol. The average molecular weight is 232 g/mol. The van der Waals surface area contributed by atoms with Crippen molar-refractivity contribution >= 4 is 19.6 Å². The minimum Gasteiger partial charge on any atom is -0.116 e. The van der Waals surface area contributed by atoms with Crippen molar-refractivity contribution in [3.05, 3.63) is 29.8 Å². The molecule has 0 heterocycles. The summed E-state index contributed by atoms with van der Waals surface area (Å²) in [4.78, 5) is 0. The van der Waals surface area contributed by atoms with Crippen molar-refractivity contribution in [3.63, 3.8) is 0 Å². The molecule has 0 N–H and O–H groups in total. The van der Waals surface area contributed by atoms with E-state index in [0.717, 1.165) is 0 Å². The number of hydrogen-bond donors (Lipinski definition) is 0. The highest BCUT2D eigenvalue weighted by Crippen LogP contribution is 2.06. The summed E-state index contributed by atoms with van der Waals surface area (Å²) in [7, 11) is 0. The maximum atomic E-state index is 2.33. The molecule has 1 heteroatoms. The van der Waals surface area contributed by atoms with Crippen LogP contribution in [0.1, 0.15) is 51.0 Å². The smallest absolute Gasteiger partial charge is 0.116 e. The molecule has 0 bridgehead atoms. The SMILES string of the molecule is CCCCCCC[CH2][AlH][c]1ccc(C)cc1. The Labute approximate surface area is 107 Å². The summed E-state index contributed by atoms with van der Waals surface area (Å²) >= 11 is 0.0331.